The maximum atomic E-state index is 13.0. The van der Waals surface area contributed by atoms with Crippen molar-refractivity contribution in [2.45, 2.75) is 24.9 Å². The monoisotopic (exact) mass is 481 g/mol. The Morgan fingerprint density at radius 2 is 1.88 bits per heavy atom. The number of carbonyl (C=O) groups is 2. The number of carbonyl (C=O) groups excluding carboxylic acids is 2. The van der Waals surface area contributed by atoms with E-state index in [2.05, 4.69) is 15.3 Å². The molecule has 1 aliphatic heterocycles. The minimum Gasteiger partial charge on any atom is -0.350 e. The van der Waals surface area contributed by atoms with Crippen molar-refractivity contribution in [1.29, 1.82) is 0 Å². The van der Waals surface area contributed by atoms with Crippen LogP contribution in [0, 0.1) is 0 Å². The van der Waals surface area contributed by atoms with Crippen LogP contribution in [-0.4, -0.2) is 46.4 Å². The molecule has 172 valence electrons. The number of anilines is 1. The van der Waals surface area contributed by atoms with Crippen LogP contribution >= 0.6 is 11.6 Å². The first-order valence-electron chi connectivity index (χ1n) is 8.87. The van der Waals surface area contributed by atoms with Gasteiger partial charge in [0.25, 0.3) is 0 Å². The summed E-state index contributed by atoms with van der Waals surface area (Å²) in [5.74, 6) is -1.28. The first kappa shape index (κ1) is 23.6. The lowest BCUT2D eigenvalue weighted by atomic mass is 10.1. The Bertz CT molecular complexity index is 1050. The number of hydrogen-bond acceptors (Lipinski definition) is 4. The fourth-order valence-electron chi connectivity index (χ4n) is 2.99. The molecule has 3 amide bonds. The molecule has 1 atom stereocenters. The van der Waals surface area contributed by atoms with Crippen molar-refractivity contribution in [3.05, 3.63) is 52.3 Å². The van der Waals surface area contributed by atoms with Crippen molar-refractivity contribution in [3.63, 3.8) is 0 Å². The molecule has 1 aromatic heterocycles. The lowest BCUT2D eigenvalue weighted by Gasteiger charge is -2.18. The zero-order valence-electron chi connectivity index (χ0n) is 16.1. The van der Waals surface area contributed by atoms with Gasteiger partial charge in [-0.3, -0.25) is 9.69 Å². The second-order valence-corrected chi connectivity index (χ2v) is 7.13. The Balaban J connectivity index is 1.74. The standard InChI is InChI=1S/C18H14ClF6N5O2/c1-29-11(8-30(16(29)32)15-26-6-5-12(28-15)18(23,24)25)14(31)27-7-9-3-2-4-10(13(9)19)17(20,21)22/h2-6,11H,7-8H2,1H3,(H,27,31)/t11-/m0/s1. The lowest BCUT2D eigenvalue weighted by Crippen LogP contribution is -2.43. The van der Waals surface area contributed by atoms with Crippen LogP contribution in [0.3, 0.4) is 0 Å². The molecule has 1 aromatic carbocycles. The Morgan fingerprint density at radius 1 is 1.19 bits per heavy atom. The number of nitrogens with one attached hydrogen (secondary N) is 1. The highest BCUT2D eigenvalue weighted by atomic mass is 35.5. The molecular formula is C18H14ClF6N5O2. The van der Waals surface area contributed by atoms with E-state index in [0.29, 0.717) is 6.07 Å². The summed E-state index contributed by atoms with van der Waals surface area (Å²) in [6.45, 7) is -0.723. The van der Waals surface area contributed by atoms with E-state index in [-0.39, 0.29) is 18.7 Å². The third-order valence-corrected chi connectivity index (χ3v) is 5.12. The molecule has 0 bridgehead atoms. The fraction of sp³-hybridized carbons (Fsp3) is 0.333. The predicted molar refractivity (Wildman–Crippen MR) is 99.6 cm³/mol. The maximum Gasteiger partial charge on any atom is 0.433 e. The molecule has 0 radical (unpaired) electrons. The lowest BCUT2D eigenvalue weighted by molar-refractivity contribution is -0.141. The molecule has 1 saturated heterocycles. The van der Waals surface area contributed by atoms with Gasteiger partial charge in [-0.1, -0.05) is 23.7 Å². The highest BCUT2D eigenvalue weighted by Crippen LogP contribution is 2.36. The van der Waals surface area contributed by atoms with Gasteiger partial charge in [-0.05, 0) is 17.7 Å². The largest absolute Gasteiger partial charge is 0.433 e. The number of aromatic nitrogens is 2. The zero-order valence-corrected chi connectivity index (χ0v) is 16.9. The molecule has 0 unspecified atom stereocenters. The van der Waals surface area contributed by atoms with E-state index in [1.807, 2.05) is 0 Å². The van der Waals surface area contributed by atoms with Gasteiger partial charge in [-0.15, -0.1) is 0 Å². The molecular weight excluding hydrogens is 468 g/mol. The average molecular weight is 482 g/mol. The second kappa shape index (κ2) is 8.45. The minimum absolute atomic E-state index is 0.000106. The van der Waals surface area contributed by atoms with Gasteiger partial charge >= 0.3 is 18.4 Å². The number of urea groups is 1. The maximum absolute atomic E-state index is 13.0. The van der Waals surface area contributed by atoms with Gasteiger partial charge in [0, 0.05) is 19.8 Å². The van der Waals surface area contributed by atoms with Gasteiger partial charge in [-0.25, -0.2) is 14.8 Å². The molecule has 1 fully saturated rings. The number of halogens is 7. The number of likely N-dealkylation sites (N-methyl/N-ethyl adjacent to an activating group) is 1. The normalized spacial score (nSPS) is 17.1. The van der Waals surface area contributed by atoms with Crippen molar-refractivity contribution in [1.82, 2.24) is 20.2 Å². The summed E-state index contributed by atoms with van der Waals surface area (Å²) in [4.78, 5) is 33.7. The Hall–Kier alpha value is -3.09. The summed E-state index contributed by atoms with van der Waals surface area (Å²) in [5, 5.41) is 1.81. The van der Waals surface area contributed by atoms with E-state index < -0.39 is 52.6 Å². The van der Waals surface area contributed by atoms with E-state index in [1.54, 1.807) is 0 Å². The van der Waals surface area contributed by atoms with E-state index in [1.165, 1.54) is 13.1 Å². The molecule has 0 spiro atoms. The summed E-state index contributed by atoms with van der Waals surface area (Å²) in [7, 11) is 1.25. The smallest absolute Gasteiger partial charge is 0.350 e. The highest BCUT2D eigenvalue weighted by molar-refractivity contribution is 6.32. The first-order valence-corrected chi connectivity index (χ1v) is 9.25. The van der Waals surface area contributed by atoms with Crippen LogP contribution in [0.15, 0.2) is 30.5 Å². The Labute approximate surface area is 182 Å². The van der Waals surface area contributed by atoms with E-state index >= 15 is 0 Å². The molecule has 0 saturated carbocycles. The van der Waals surface area contributed by atoms with Crippen molar-refractivity contribution in [3.8, 4) is 0 Å². The van der Waals surface area contributed by atoms with E-state index in [4.69, 9.17) is 11.6 Å². The zero-order chi connectivity index (χ0) is 23.8. The van der Waals surface area contributed by atoms with E-state index in [0.717, 1.165) is 28.1 Å². The van der Waals surface area contributed by atoms with Gasteiger partial charge in [0.05, 0.1) is 17.1 Å². The van der Waals surface area contributed by atoms with E-state index in [9.17, 15) is 35.9 Å². The van der Waals surface area contributed by atoms with Crippen LogP contribution in [0.5, 0.6) is 0 Å². The average Bonchev–Trinajstić information content (AvgIpc) is 3.00. The van der Waals surface area contributed by atoms with Gasteiger partial charge in [-0.2, -0.15) is 26.3 Å². The number of hydrogen-bond donors (Lipinski definition) is 1. The van der Waals surface area contributed by atoms with Gasteiger partial charge in [0.2, 0.25) is 11.9 Å². The van der Waals surface area contributed by atoms with Gasteiger partial charge in [0.15, 0.2) is 0 Å². The number of benzene rings is 1. The summed E-state index contributed by atoms with van der Waals surface area (Å²) in [5.41, 5.74) is -2.32. The highest BCUT2D eigenvalue weighted by Gasteiger charge is 2.42. The molecule has 2 heterocycles. The minimum atomic E-state index is -4.76. The van der Waals surface area contributed by atoms with Gasteiger partial charge in [0.1, 0.15) is 11.7 Å². The topological polar surface area (TPSA) is 78.4 Å². The Kier molecular flexibility index (Phi) is 6.22. The summed E-state index contributed by atoms with van der Waals surface area (Å²) < 4.78 is 77.6. The molecule has 14 heteroatoms. The third kappa shape index (κ3) is 4.71. The molecule has 7 nitrogen and oxygen atoms in total. The van der Waals surface area contributed by atoms with Crippen LogP contribution in [0.25, 0.3) is 0 Å². The Morgan fingerprint density at radius 3 is 2.50 bits per heavy atom. The third-order valence-electron chi connectivity index (χ3n) is 4.67. The van der Waals surface area contributed by atoms with Crippen LogP contribution in [-0.2, 0) is 23.7 Å². The molecule has 1 aliphatic rings. The number of amides is 3. The van der Waals surface area contributed by atoms with Crippen molar-refractivity contribution in [2.75, 3.05) is 18.5 Å². The number of rotatable bonds is 4. The summed E-state index contributed by atoms with van der Waals surface area (Å²) in [6.07, 6.45) is -8.60. The summed E-state index contributed by atoms with van der Waals surface area (Å²) >= 11 is 5.79. The molecule has 0 aliphatic carbocycles. The van der Waals surface area contributed by atoms with Crippen molar-refractivity contribution < 1.29 is 35.9 Å². The predicted octanol–water partition coefficient (Wildman–Crippen LogP) is 3.72. The van der Waals surface area contributed by atoms with Gasteiger partial charge < -0.3 is 10.2 Å². The first-order chi connectivity index (χ1) is 14.8. The van der Waals surface area contributed by atoms with Crippen molar-refractivity contribution in [2.24, 2.45) is 0 Å². The second-order valence-electron chi connectivity index (χ2n) is 6.75. The van der Waals surface area contributed by atoms with Crippen LogP contribution in [0.2, 0.25) is 5.02 Å². The fourth-order valence-corrected chi connectivity index (χ4v) is 3.29. The molecule has 32 heavy (non-hydrogen) atoms. The summed E-state index contributed by atoms with van der Waals surface area (Å²) in [6, 6.07) is 1.89. The SMILES string of the molecule is CN1C(=O)N(c2nccc(C(F)(F)F)n2)C[C@H]1C(=O)NCc1cccc(C(F)(F)F)c1Cl. The molecule has 1 N–H and O–H groups in total. The quantitative estimate of drug-likeness (QED) is 0.675. The molecule has 3 rings (SSSR count). The van der Waals surface area contributed by atoms with Crippen molar-refractivity contribution >= 4 is 29.5 Å². The van der Waals surface area contributed by atoms with Crippen LogP contribution in [0.4, 0.5) is 37.1 Å². The number of nitrogens with zero attached hydrogens (tertiary/aromatic N) is 4. The van der Waals surface area contributed by atoms with Crippen LogP contribution in [0.1, 0.15) is 16.8 Å². The molecule has 2 aromatic rings. The van der Waals surface area contributed by atoms with Crippen LogP contribution < -0.4 is 10.2 Å². The number of alkyl halides is 6.